The minimum absolute atomic E-state index is 0.215. The quantitative estimate of drug-likeness (QED) is 0.703. The second kappa shape index (κ2) is 6.08. The van der Waals surface area contributed by atoms with Crippen LogP contribution in [0.1, 0.15) is 22.5 Å². The van der Waals surface area contributed by atoms with E-state index < -0.39 is 24.0 Å². The molecule has 1 amide bonds. The van der Waals surface area contributed by atoms with E-state index in [2.05, 4.69) is 5.32 Å². The maximum absolute atomic E-state index is 12.2. The molecule has 0 bridgehead atoms. The molecule has 0 radical (unpaired) electrons. The third-order valence-electron chi connectivity index (χ3n) is 4.36. The van der Waals surface area contributed by atoms with Crippen LogP contribution in [0.15, 0.2) is 25.8 Å². The highest BCUT2D eigenvalue weighted by molar-refractivity contribution is 5.97. The van der Waals surface area contributed by atoms with E-state index in [0.717, 1.165) is 22.1 Å². The first-order valence-corrected chi connectivity index (χ1v) is 7.72. The topological polar surface area (TPSA) is 110 Å². The number of carboxylic acid groups (broad SMARTS) is 1. The Morgan fingerprint density at radius 1 is 1.04 bits per heavy atom. The summed E-state index contributed by atoms with van der Waals surface area (Å²) in [6, 6.07) is 3.56. The van der Waals surface area contributed by atoms with Crippen molar-refractivity contribution in [2.24, 2.45) is 0 Å². The van der Waals surface area contributed by atoms with Gasteiger partial charge in [-0.2, -0.15) is 0 Å². The number of carbonyl (C=O) groups is 2. The van der Waals surface area contributed by atoms with Gasteiger partial charge in [-0.1, -0.05) is 0 Å². The third-order valence-corrected chi connectivity index (χ3v) is 4.36. The van der Waals surface area contributed by atoms with Crippen LogP contribution in [-0.2, 0) is 16.0 Å². The van der Waals surface area contributed by atoms with Crippen molar-refractivity contribution in [2.45, 2.75) is 27.2 Å². The molecule has 7 heteroatoms. The molecule has 1 aromatic carbocycles. The number of fused-ring (bicyclic) bond motifs is 2. The molecule has 2 aromatic heterocycles. The summed E-state index contributed by atoms with van der Waals surface area (Å²) >= 11 is 0. The van der Waals surface area contributed by atoms with Gasteiger partial charge >= 0.3 is 11.6 Å². The second-order valence-electron chi connectivity index (χ2n) is 5.97. The maximum Gasteiger partial charge on any atom is 0.340 e. The van der Waals surface area contributed by atoms with E-state index in [0.29, 0.717) is 16.7 Å². The van der Waals surface area contributed by atoms with Crippen LogP contribution in [-0.4, -0.2) is 23.5 Å². The monoisotopic (exact) mass is 343 g/mol. The fraction of sp³-hybridized carbons (Fsp3) is 0.278. The number of furan rings is 1. The zero-order chi connectivity index (χ0) is 18.3. The van der Waals surface area contributed by atoms with Crippen molar-refractivity contribution in [1.29, 1.82) is 0 Å². The highest BCUT2D eigenvalue weighted by Gasteiger charge is 2.17. The minimum atomic E-state index is -1.15. The SMILES string of the molecule is Cc1oc2cc3oc(=O)c(CC(=O)NCC(=O)O)c(C)c3cc2c1C. The van der Waals surface area contributed by atoms with E-state index in [1.165, 1.54) is 0 Å². The van der Waals surface area contributed by atoms with E-state index in [9.17, 15) is 14.4 Å². The summed E-state index contributed by atoms with van der Waals surface area (Å²) in [6.07, 6.45) is -0.237. The molecule has 3 rings (SSSR count). The van der Waals surface area contributed by atoms with Crippen molar-refractivity contribution < 1.29 is 23.5 Å². The first-order valence-electron chi connectivity index (χ1n) is 7.72. The van der Waals surface area contributed by atoms with E-state index >= 15 is 0 Å². The molecule has 0 aliphatic heterocycles. The van der Waals surface area contributed by atoms with Crippen LogP contribution in [0.4, 0.5) is 0 Å². The highest BCUT2D eigenvalue weighted by atomic mass is 16.4. The Balaban J connectivity index is 2.09. The molecule has 0 unspecified atom stereocenters. The summed E-state index contributed by atoms with van der Waals surface area (Å²) in [5, 5.41) is 12.5. The van der Waals surface area contributed by atoms with Crippen molar-refractivity contribution in [2.75, 3.05) is 6.54 Å². The molecule has 2 heterocycles. The number of aliphatic carboxylic acids is 1. The van der Waals surface area contributed by atoms with Gasteiger partial charge in [-0.15, -0.1) is 0 Å². The number of benzene rings is 1. The van der Waals surface area contributed by atoms with Crippen LogP contribution >= 0.6 is 0 Å². The van der Waals surface area contributed by atoms with Gasteiger partial charge in [-0.25, -0.2) is 4.79 Å². The molecule has 2 N–H and O–H groups in total. The largest absolute Gasteiger partial charge is 0.480 e. The molecule has 7 nitrogen and oxygen atoms in total. The summed E-state index contributed by atoms with van der Waals surface area (Å²) in [7, 11) is 0. The second-order valence-corrected chi connectivity index (χ2v) is 5.97. The fourth-order valence-corrected chi connectivity index (χ4v) is 2.83. The van der Waals surface area contributed by atoms with Crippen LogP contribution in [0.2, 0.25) is 0 Å². The van der Waals surface area contributed by atoms with Gasteiger partial charge in [0.2, 0.25) is 5.91 Å². The van der Waals surface area contributed by atoms with Gasteiger partial charge in [0.1, 0.15) is 23.5 Å². The van der Waals surface area contributed by atoms with Gasteiger partial charge in [0.15, 0.2) is 0 Å². The van der Waals surface area contributed by atoms with Gasteiger partial charge in [0, 0.05) is 16.8 Å². The molecule has 0 saturated carbocycles. The predicted octanol–water partition coefficient (Wildman–Crippen LogP) is 2.21. The average molecular weight is 343 g/mol. The Labute approximate surface area is 142 Å². The molecule has 0 fully saturated rings. The van der Waals surface area contributed by atoms with Gasteiger partial charge in [0.25, 0.3) is 0 Å². The van der Waals surface area contributed by atoms with Gasteiger partial charge < -0.3 is 19.3 Å². The first kappa shape index (κ1) is 16.8. The summed E-state index contributed by atoms with van der Waals surface area (Å²) in [4.78, 5) is 34.6. The summed E-state index contributed by atoms with van der Waals surface area (Å²) in [5.74, 6) is -0.907. The van der Waals surface area contributed by atoms with Gasteiger partial charge in [0.05, 0.1) is 12.0 Å². The summed E-state index contributed by atoms with van der Waals surface area (Å²) in [6.45, 7) is 5.06. The Kier molecular flexibility index (Phi) is 4.08. The number of rotatable bonds is 4. The van der Waals surface area contributed by atoms with Crippen molar-refractivity contribution in [3.63, 3.8) is 0 Å². The van der Waals surface area contributed by atoms with Crippen LogP contribution < -0.4 is 10.9 Å². The lowest BCUT2D eigenvalue weighted by Gasteiger charge is -2.08. The Hall–Kier alpha value is -3.09. The van der Waals surface area contributed by atoms with Crippen molar-refractivity contribution in [1.82, 2.24) is 5.32 Å². The van der Waals surface area contributed by atoms with Crippen LogP contribution in [0.25, 0.3) is 21.9 Å². The minimum Gasteiger partial charge on any atom is -0.480 e. The number of aryl methyl sites for hydroxylation is 3. The Morgan fingerprint density at radius 3 is 2.36 bits per heavy atom. The first-order chi connectivity index (χ1) is 11.8. The van der Waals surface area contributed by atoms with Crippen LogP contribution in [0.5, 0.6) is 0 Å². The average Bonchev–Trinajstić information content (AvgIpc) is 2.82. The van der Waals surface area contributed by atoms with E-state index in [1.807, 2.05) is 19.9 Å². The molecular weight excluding hydrogens is 326 g/mol. The number of amides is 1. The molecule has 130 valence electrons. The summed E-state index contributed by atoms with van der Waals surface area (Å²) < 4.78 is 11.0. The molecule has 0 atom stereocenters. The normalized spacial score (nSPS) is 11.2. The van der Waals surface area contributed by atoms with Crippen molar-refractivity contribution >= 4 is 33.8 Å². The molecular formula is C18H17NO6. The predicted molar refractivity (Wildman–Crippen MR) is 90.8 cm³/mol. The number of carbonyl (C=O) groups excluding carboxylic acids is 1. The smallest absolute Gasteiger partial charge is 0.340 e. The van der Waals surface area contributed by atoms with E-state index in [1.54, 1.807) is 13.0 Å². The zero-order valence-electron chi connectivity index (χ0n) is 14.1. The third kappa shape index (κ3) is 3.00. The van der Waals surface area contributed by atoms with Crippen LogP contribution in [0.3, 0.4) is 0 Å². The Bertz CT molecular complexity index is 1070. The Morgan fingerprint density at radius 2 is 1.68 bits per heavy atom. The van der Waals surface area contributed by atoms with Gasteiger partial charge in [-0.3, -0.25) is 9.59 Å². The number of hydrogen-bond acceptors (Lipinski definition) is 5. The standard InChI is InChI=1S/C18H17NO6/c1-8-10(3)24-14-6-15-12(4-11(8)14)9(2)13(18(23)25-15)5-16(20)19-7-17(21)22/h4,6H,5,7H2,1-3H3,(H,19,20)(H,21,22). The lowest BCUT2D eigenvalue weighted by molar-refractivity contribution is -0.137. The lowest BCUT2D eigenvalue weighted by atomic mass is 10.0. The molecule has 0 aliphatic carbocycles. The molecule has 0 spiro atoms. The highest BCUT2D eigenvalue weighted by Crippen LogP contribution is 2.30. The van der Waals surface area contributed by atoms with E-state index in [4.69, 9.17) is 13.9 Å². The van der Waals surface area contributed by atoms with Gasteiger partial charge in [-0.05, 0) is 38.0 Å². The summed E-state index contributed by atoms with van der Waals surface area (Å²) in [5.41, 5.74) is 2.26. The van der Waals surface area contributed by atoms with E-state index in [-0.39, 0.29) is 12.0 Å². The molecule has 0 aliphatic rings. The maximum atomic E-state index is 12.2. The lowest BCUT2D eigenvalue weighted by Crippen LogP contribution is -2.32. The number of hydrogen-bond donors (Lipinski definition) is 2. The number of carboxylic acids is 1. The van der Waals surface area contributed by atoms with Crippen molar-refractivity contribution in [3.05, 3.63) is 45.0 Å². The molecule has 3 aromatic rings. The zero-order valence-corrected chi connectivity index (χ0v) is 14.1. The molecule has 25 heavy (non-hydrogen) atoms. The number of nitrogens with one attached hydrogen (secondary N) is 1. The van der Waals surface area contributed by atoms with Crippen molar-refractivity contribution in [3.8, 4) is 0 Å². The van der Waals surface area contributed by atoms with Crippen LogP contribution in [0, 0.1) is 20.8 Å². The fourth-order valence-electron chi connectivity index (χ4n) is 2.83. The molecule has 0 saturated heterocycles.